The molecule has 1 amide bonds. The topological polar surface area (TPSA) is 202 Å². The lowest BCUT2D eigenvalue weighted by atomic mass is 10.1. The van der Waals surface area contributed by atoms with Crippen molar-refractivity contribution in [2.24, 2.45) is 11.6 Å². The summed E-state index contributed by atoms with van der Waals surface area (Å²) in [5.41, 5.74) is 4.44. The molecule has 11 nitrogen and oxygen atoms in total. The Morgan fingerprint density at radius 1 is 1.42 bits per heavy atom. The maximum Gasteiger partial charge on any atom is 0.288 e. The number of carbonyl (C=O) groups is 1. The molecule has 4 atom stereocenters. The molecule has 1 aliphatic carbocycles. The molecule has 0 spiro atoms. The Morgan fingerprint density at radius 3 is 2.50 bits per heavy atom. The number of rotatable bonds is 6. The van der Waals surface area contributed by atoms with Crippen LogP contribution in [0.5, 0.6) is 0 Å². The van der Waals surface area contributed by atoms with Gasteiger partial charge in [-0.2, -0.15) is 5.26 Å². The Labute approximate surface area is 137 Å². The number of nitrogens with zero attached hydrogens (tertiary/aromatic N) is 2. The maximum atomic E-state index is 12.6. The average molecular weight is 340 g/mol. The van der Waals surface area contributed by atoms with Gasteiger partial charge in [-0.05, 0) is 12.8 Å². The average Bonchev–Trinajstić information content (AvgIpc) is 3.36. The summed E-state index contributed by atoms with van der Waals surface area (Å²) in [6.07, 6.45) is -3.87. The van der Waals surface area contributed by atoms with E-state index in [2.05, 4.69) is 5.32 Å². The molecule has 1 saturated carbocycles. The van der Waals surface area contributed by atoms with Gasteiger partial charge in [-0.25, -0.2) is 10.9 Å². The predicted octanol–water partition coefficient (Wildman–Crippen LogP) is -3.41. The van der Waals surface area contributed by atoms with Crippen LogP contribution in [0.1, 0.15) is 12.8 Å². The molecule has 1 heterocycles. The minimum absolute atomic E-state index is 0.0207. The summed E-state index contributed by atoms with van der Waals surface area (Å²) in [7, 11) is 0. The summed E-state index contributed by atoms with van der Waals surface area (Å²) in [6, 6.07) is 1.51. The number of nitrogens with one attached hydrogen (secondary N) is 2. The number of nitrogens with two attached hydrogens (primary N) is 2. The Kier molecular flexibility index (Phi) is 5.37. The summed E-state index contributed by atoms with van der Waals surface area (Å²) in [5.74, 6) is 4.78. The van der Waals surface area contributed by atoms with Gasteiger partial charge in [-0.15, -0.1) is 0 Å². The molecule has 2 rings (SSSR count). The van der Waals surface area contributed by atoms with Crippen molar-refractivity contribution in [3.05, 3.63) is 11.4 Å². The Bertz CT molecular complexity index is 598. The van der Waals surface area contributed by atoms with E-state index in [1.165, 1.54) is 6.07 Å². The number of hydrogen-bond donors (Lipinski definition) is 7. The van der Waals surface area contributed by atoms with E-state index in [0.29, 0.717) is 5.01 Å². The highest BCUT2D eigenvalue weighted by molar-refractivity contribution is 6.13. The van der Waals surface area contributed by atoms with E-state index in [1.807, 2.05) is 0 Å². The van der Waals surface area contributed by atoms with Crippen molar-refractivity contribution in [1.29, 1.82) is 10.7 Å². The van der Waals surface area contributed by atoms with Crippen LogP contribution in [-0.2, 0) is 9.53 Å². The molecule has 11 heteroatoms. The van der Waals surface area contributed by atoms with E-state index in [0.717, 1.165) is 12.8 Å². The summed E-state index contributed by atoms with van der Waals surface area (Å²) < 4.78 is 5.18. The maximum absolute atomic E-state index is 12.6. The Hall–Kier alpha value is -2.23. The SMILES string of the molecule is N#CC(=N)/C(N)=C(\NC1CC1)C(=O)N(N)C1OC(CO)C(O)C1O. The number of carbonyl (C=O) groups excluding carboxylic acids is 1. The zero-order chi connectivity index (χ0) is 18.0. The van der Waals surface area contributed by atoms with E-state index >= 15 is 0 Å². The molecule has 0 aromatic rings. The molecule has 0 aromatic carbocycles. The summed E-state index contributed by atoms with van der Waals surface area (Å²) in [4.78, 5) is 12.6. The Balaban J connectivity index is 2.23. The van der Waals surface area contributed by atoms with Gasteiger partial charge in [0.1, 0.15) is 30.1 Å². The van der Waals surface area contributed by atoms with Gasteiger partial charge >= 0.3 is 0 Å². The van der Waals surface area contributed by atoms with Gasteiger partial charge in [0, 0.05) is 6.04 Å². The molecule has 1 aliphatic heterocycles. The highest BCUT2D eigenvalue weighted by atomic mass is 16.6. The van der Waals surface area contributed by atoms with Gasteiger partial charge in [0.05, 0.1) is 12.3 Å². The van der Waals surface area contributed by atoms with Gasteiger partial charge in [0.15, 0.2) is 11.9 Å². The number of aliphatic hydroxyl groups excluding tert-OH is 3. The number of ether oxygens (including phenoxy) is 1. The van der Waals surface area contributed by atoms with E-state index in [4.69, 9.17) is 32.1 Å². The first-order valence-electron chi connectivity index (χ1n) is 7.27. The van der Waals surface area contributed by atoms with Crippen LogP contribution in [0.15, 0.2) is 11.4 Å². The van der Waals surface area contributed by atoms with E-state index in [-0.39, 0.29) is 17.4 Å². The van der Waals surface area contributed by atoms with Crippen LogP contribution in [0.25, 0.3) is 0 Å². The zero-order valence-electron chi connectivity index (χ0n) is 12.7. The summed E-state index contributed by atoms with van der Waals surface area (Å²) >= 11 is 0. The van der Waals surface area contributed by atoms with Crippen LogP contribution in [0.2, 0.25) is 0 Å². The van der Waals surface area contributed by atoms with Gasteiger partial charge in [0.2, 0.25) is 0 Å². The third-order valence-electron chi connectivity index (χ3n) is 3.82. The van der Waals surface area contributed by atoms with Crippen LogP contribution >= 0.6 is 0 Å². The zero-order valence-corrected chi connectivity index (χ0v) is 12.7. The number of allylic oxidation sites excluding steroid dienone is 1. The predicted molar refractivity (Wildman–Crippen MR) is 79.5 cm³/mol. The fourth-order valence-electron chi connectivity index (χ4n) is 2.23. The molecular formula is C13H20N6O5. The van der Waals surface area contributed by atoms with Crippen molar-refractivity contribution in [1.82, 2.24) is 10.3 Å². The molecular weight excluding hydrogens is 320 g/mol. The fourth-order valence-corrected chi connectivity index (χ4v) is 2.23. The third kappa shape index (κ3) is 3.48. The molecule has 0 aromatic heterocycles. The minimum Gasteiger partial charge on any atom is -0.395 e. The lowest BCUT2D eigenvalue weighted by molar-refractivity contribution is -0.150. The van der Waals surface area contributed by atoms with E-state index in [1.54, 1.807) is 0 Å². The molecule has 4 unspecified atom stereocenters. The van der Waals surface area contributed by atoms with Crippen molar-refractivity contribution < 1.29 is 24.9 Å². The summed E-state index contributed by atoms with van der Waals surface area (Å²) in [5, 5.41) is 48.3. The monoisotopic (exact) mass is 340 g/mol. The molecule has 0 bridgehead atoms. The van der Waals surface area contributed by atoms with Gasteiger partial charge in [-0.3, -0.25) is 10.2 Å². The number of hydrazine groups is 1. The smallest absolute Gasteiger partial charge is 0.288 e. The first-order valence-corrected chi connectivity index (χ1v) is 7.27. The molecule has 132 valence electrons. The molecule has 2 fully saturated rings. The van der Waals surface area contributed by atoms with Crippen LogP contribution < -0.4 is 16.9 Å². The van der Waals surface area contributed by atoms with Gasteiger partial charge in [-0.1, -0.05) is 0 Å². The van der Waals surface area contributed by atoms with Crippen LogP contribution in [0.3, 0.4) is 0 Å². The first-order chi connectivity index (χ1) is 11.3. The highest BCUT2D eigenvalue weighted by Crippen LogP contribution is 2.25. The molecule has 24 heavy (non-hydrogen) atoms. The van der Waals surface area contributed by atoms with Gasteiger partial charge in [0.25, 0.3) is 5.91 Å². The van der Waals surface area contributed by atoms with Crippen molar-refractivity contribution in [3.63, 3.8) is 0 Å². The van der Waals surface area contributed by atoms with E-state index in [9.17, 15) is 15.0 Å². The second-order valence-corrected chi connectivity index (χ2v) is 5.64. The van der Waals surface area contributed by atoms with Gasteiger partial charge < -0.3 is 31.1 Å². The second kappa shape index (κ2) is 7.12. The molecule has 0 radical (unpaired) electrons. The normalized spacial score (nSPS) is 30.3. The van der Waals surface area contributed by atoms with Crippen LogP contribution in [-0.4, -0.2) is 69.1 Å². The van der Waals surface area contributed by atoms with Crippen molar-refractivity contribution in [3.8, 4) is 6.07 Å². The van der Waals surface area contributed by atoms with Crippen molar-refractivity contribution in [2.45, 2.75) is 43.4 Å². The standard InChI is InChI=1S/C13H20N6O5/c14-3-6(15)8(16)9(18-5-1-2-5)12(23)19(17)13-11(22)10(21)7(4-20)24-13/h5,7,10-11,13,15,18,20-22H,1-2,4,16-17H2/b9-8+,15-6?. The lowest BCUT2D eigenvalue weighted by Gasteiger charge is -2.27. The lowest BCUT2D eigenvalue weighted by Crippen LogP contribution is -2.53. The van der Waals surface area contributed by atoms with E-state index < -0.39 is 42.8 Å². The number of amides is 1. The quantitative estimate of drug-likeness (QED) is 0.0845. The molecule has 9 N–H and O–H groups in total. The van der Waals surface area contributed by atoms with Crippen molar-refractivity contribution >= 4 is 11.6 Å². The fraction of sp³-hybridized carbons (Fsp3) is 0.615. The number of aliphatic hydroxyl groups is 3. The Morgan fingerprint density at radius 2 is 2.04 bits per heavy atom. The summed E-state index contributed by atoms with van der Waals surface area (Å²) in [6.45, 7) is -0.568. The highest BCUT2D eigenvalue weighted by Gasteiger charge is 2.46. The van der Waals surface area contributed by atoms with Crippen LogP contribution in [0, 0.1) is 16.7 Å². The first kappa shape index (κ1) is 18.1. The third-order valence-corrected chi connectivity index (χ3v) is 3.82. The molecule has 2 aliphatic rings. The number of nitriles is 1. The second-order valence-electron chi connectivity index (χ2n) is 5.64. The largest absolute Gasteiger partial charge is 0.395 e. The van der Waals surface area contributed by atoms with Crippen molar-refractivity contribution in [2.75, 3.05) is 6.61 Å². The molecule has 1 saturated heterocycles. The minimum atomic E-state index is -1.53. The number of hydrogen-bond acceptors (Lipinski definition) is 10. The van der Waals surface area contributed by atoms with Crippen LogP contribution in [0.4, 0.5) is 0 Å².